The van der Waals surface area contributed by atoms with Crippen molar-refractivity contribution in [3.8, 4) is 16.1 Å². The van der Waals surface area contributed by atoms with E-state index in [4.69, 9.17) is 23.2 Å². The molecule has 0 spiro atoms. The van der Waals surface area contributed by atoms with Crippen LogP contribution in [0.1, 0.15) is 0 Å². The van der Waals surface area contributed by atoms with Crippen LogP contribution in [0.2, 0.25) is 10.0 Å². The van der Waals surface area contributed by atoms with Gasteiger partial charge in [0.05, 0.1) is 22.4 Å². The second-order valence-corrected chi connectivity index (χ2v) is 8.26. The van der Waals surface area contributed by atoms with Gasteiger partial charge in [-0.1, -0.05) is 53.5 Å². The van der Waals surface area contributed by atoms with Gasteiger partial charge in [0, 0.05) is 32.4 Å². The molecule has 0 fully saturated rings. The van der Waals surface area contributed by atoms with Gasteiger partial charge >= 0.3 is 5.69 Å². The van der Waals surface area contributed by atoms with Gasteiger partial charge in [-0.05, 0) is 18.2 Å². The molecular weight excluding hydrogens is 429 g/mol. The summed E-state index contributed by atoms with van der Waals surface area (Å²) < 4.78 is 1.53. The summed E-state index contributed by atoms with van der Waals surface area (Å²) >= 11 is 13.8. The number of hydrogen-bond acceptors (Lipinski definition) is 4. The molecule has 0 unspecified atom stereocenters. The molecule has 2 aromatic carbocycles. The fourth-order valence-electron chi connectivity index (χ4n) is 3.34. The summed E-state index contributed by atoms with van der Waals surface area (Å²) in [6.07, 6.45) is 3.10. The number of thiophene rings is 1. The number of aromatic amines is 1. The molecule has 8 heteroatoms. The highest BCUT2D eigenvalue weighted by molar-refractivity contribution is 7.22. The minimum atomic E-state index is -0.541. The Morgan fingerprint density at radius 2 is 1.72 bits per heavy atom. The van der Waals surface area contributed by atoms with Crippen LogP contribution in [0.15, 0.2) is 70.5 Å². The van der Waals surface area contributed by atoms with E-state index < -0.39 is 11.2 Å². The maximum atomic E-state index is 13.3. The number of nitrogens with zero attached hydrogens (tertiary/aromatic N) is 2. The number of aromatic nitrogens is 3. The van der Waals surface area contributed by atoms with Crippen LogP contribution in [0.4, 0.5) is 0 Å². The first-order chi connectivity index (χ1) is 14.0. The summed E-state index contributed by atoms with van der Waals surface area (Å²) in [6.45, 7) is 0. The van der Waals surface area contributed by atoms with Crippen molar-refractivity contribution in [1.29, 1.82) is 0 Å². The summed E-state index contributed by atoms with van der Waals surface area (Å²) in [6, 6.07) is 14.5. The highest BCUT2D eigenvalue weighted by Crippen LogP contribution is 2.35. The van der Waals surface area contributed by atoms with Crippen LogP contribution in [-0.2, 0) is 0 Å². The maximum Gasteiger partial charge on any atom is 0.333 e. The molecule has 0 amide bonds. The Morgan fingerprint density at radius 3 is 2.55 bits per heavy atom. The topological polar surface area (TPSA) is 67.8 Å². The van der Waals surface area contributed by atoms with Gasteiger partial charge in [-0.2, -0.15) is 0 Å². The summed E-state index contributed by atoms with van der Waals surface area (Å²) in [4.78, 5) is 33.9. The number of pyridine rings is 1. The van der Waals surface area contributed by atoms with Crippen molar-refractivity contribution < 1.29 is 0 Å². The van der Waals surface area contributed by atoms with Crippen LogP contribution >= 0.6 is 34.5 Å². The predicted octanol–water partition coefficient (Wildman–Crippen LogP) is 5.26. The van der Waals surface area contributed by atoms with Crippen molar-refractivity contribution >= 4 is 55.5 Å². The van der Waals surface area contributed by atoms with Gasteiger partial charge in [0.2, 0.25) is 0 Å². The smallest absolute Gasteiger partial charge is 0.306 e. The molecule has 1 N–H and O–H groups in total. The molecule has 5 rings (SSSR count). The standard InChI is InChI=1S/C21H11Cl2N3O2S/c22-14-6-2-1-4-12(14)18-8-16-19(29-18)20(27)26(21(28)25-16)17-10-24-9-13-11(17)5-3-7-15(13)23/h1-10H,(H,25,28). The first-order valence-electron chi connectivity index (χ1n) is 8.61. The van der Waals surface area contributed by atoms with E-state index in [9.17, 15) is 9.59 Å². The number of H-pyrrole nitrogens is 1. The third kappa shape index (κ3) is 2.88. The Morgan fingerprint density at radius 1 is 0.931 bits per heavy atom. The monoisotopic (exact) mass is 439 g/mol. The van der Waals surface area contributed by atoms with E-state index in [1.54, 1.807) is 36.5 Å². The second-order valence-electron chi connectivity index (χ2n) is 6.40. The van der Waals surface area contributed by atoms with E-state index >= 15 is 0 Å². The van der Waals surface area contributed by atoms with Crippen molar-refractivity contribution in [2.24, 2.45) is 0 Å². The molecule has 0 aliphatic heterocycles. The zero-order chi connectivity index (χ0) is 20.1. The molecular formula is C21H11Cl2N3O2S. The third-order valence-corrected chi connectivity index (χ3v) is 6.50. The molecule has 142 valence electrons. The van der Waals surface area contributed by atoms with Crippen LogP contribution in [-0.4, -0.2) is 14.5 Å². The fraction of sp³-hybridized carbons (Fsp3) is 0. The number of fused-ring (bicyclic) bond motifs is 2. The predicted molar refractivity (Wildman–Crippen MR) is 119 cm³/mol. The maximum absolute atomic E-state index is 13.3. The minimum Gasteiger partial charge on any atom is -0.306 e. The SMILES string of the molecule is O=c1[nH]c2cc(-c3ccccc3Cl)sc2c(=O)n1-c1cncc2c(Cl)cccc12. The van der Waals surface area contributed by atoms with Crippen LogP contribution < -0.4 is 11.2 Å². The van der Waals surface area contributed by atoms with Gasteiger partial charge in [-0.15, -0.1) is 11.3 Å². The number of rotatable bonds is 2. The van der Waals surface area contributed by atoms with Gasteiger partial charge in [0.25, 0.3) is 5.56 Å². The number of nitrogens with one attached hydrogen (secondary N) is 1. The first kappa shape index (κ1) is 18.1. The van der Waals surface area contributed by atoms with Crippen molar-refractivity contribution in [2.75, 3.05) is 0 Å². The molecule has 3 aromatic heterocycles. The van der Waals surface area contributed by atoms with Gasteiger partial charge in [-0.25, -0.2) is 9.36 Å². The van der Waals surface area contributed by atoms with Crippen molar-refractivity contribution in [3.63, 3.8) is 0 Å². The lowest BCUT2D eigenvalue weighted by Crippen LogP contribution is -2.33. The average Bonchev–Trinajstić information content (AvgIpc) is 3.13. The molecule has 0 saturated carbocycles. The average molecular weight is 440 g/mol. The van der Waals surface area contributed by atoms with Gasteiger partial charge in [-0.3, -0.25) is 9.78 Å². The van der Waals surface area contributed by atoms with E-state index in [-0.39, 0.29) is 0 Å². The van der Waals surface area contributed by atoms with E-state index in [0.717, 1.165) is 15.0 Å². The van der Waals surface area contributed by atoms with E-state index in [0.29, 0.717) is 36.7 Å². The lowest BCUT2D eigenvalue weighted by molar-refractivity contribution is 0.905. The number of hydrogen-bond donors (Lipinski definition) is 1. The Kier molecular flexibility index (Phi) is 4.28. The van der Waals surface area contributed by atoms with Crippen molar-refractivity contribution in [3.05, 3.63) is 91.8 Å². The lowest BCUT2D eigenvalue weighted by Gasteiger charge is -2.08. The van der Waals surface area contributed by atoms with Gasteiger partial charge in [0.15, 0.2) is 0 Å². The molecule has 0 radical (unpaired) electrons. The van der Waals surface area contributed by atoms with Crippen molar-refractivity contribution in [2.45, 2.75) is 0 Å². The summed E-state index contributed by atoms with van der Waals surface area (Å²) in [5, 5.41) is 2.41. The molecule has 0 aliphatic carbocycles. The largest absolute Gasteiger partial charge is 0.333 e. The molecule has 5 nitrogen and oxygen atoms in total. The van der Waals surface area contributed by atoms with Crippen LogP contribution in [0.25, 0.3) is 37.1 Å². The van der Waals surface area contributed by atoms with Crippen LogP contribution in [0.5, 0.6) is 0 Å². The van der Waals surface area contributed by atoms with E-state index in [1.807, 2.05) is 18.2 Å². The minimum absolute atomic E-state index is 0.380. The first-order valence-corrected chi connectivity index (χ1v) is 10.2. The van der Waals surface area contributed by atoms with Crippen molar-refractivity contribution in [1.82, 2.24) is 14.5 Å². The molecule has 0 atom stereocenters. The summed E-state index contributed by atoms with van der Waals surface area (Å²) in [7, 11) is 0. The molecule has 0 saturated heterocycles. The fourth-order valence-corrected chi connectivity index (χ4v) is 4.94. The van der Waals surface area contributed by atoms with Gasteiger partial charge < -0.3 is 4.98 Å². The highest BCUT2D eigenvalue weighted by atomic mass is 35.5. The Hall–Kier alpha value is -2.93. The normalized spacial score (nSPS) is 11.4. The molecule has 3 heterocycles. The Labute approximate surface area is 177 Å². The zero-order valence-corrected chi connectivity index (χ0v) is 17.0. The Bertz CT molecular complexity index is 1540. The molecule has 0 bridgehead atoms. The highest BCUT2D eigenvalue weighted by Gasteiger charge is 2.17. The van der Waals surface area contributed by atoms with Crippen LogP contribution in [0, 0.1) is 0 Å². The van der Waals surface area contributed by atoms with Crippen LogP contribution in [0.3, 0.4) is 0 Å². The third-order valence-electron chi connectivity index (χ3n) is 4.68. The van der Waals surface area contributed by atoms with E-state index in [2.05, 4.69) is 9.97 Å². The summed E-state index contributed by atoms with van der Waals surface area (Å²) in [5.74, 6) is 0. The zero-order valence-electron chi connectivity index (χ0n) is 14.6. The molecule has 5 aromatic rings. The Balaban J connectivity index is 1.81. The van der Waals surface area contributed by atoms with Gasteiger partial charge in [0.1, 0.15) is 4.70 Å². The number of benzene rings is 2. The summed E-state index contributed by atoms with van der Waals surface area (Å²) in [5.41, 5.74) is 0.704. The number of halogens is 2. The van der Waals surface area contributed by atoms with E-state index in [1.165, 1.54) is 17.5 Å². The lowest BCUT2D eigenvalue weighted by atomic mass is 10.1. The second kappa shape index (κ2) is 6.84. The molecule has 29 heavy (non-hydrogen) atoms. The quantitative estimate of drug-likeness (QED) is 0.407. The molecule has 0 aliphatic rings.